The number of benzene rings is 8. The Morgan fingerprint density at radius 3 is 1.71 bits per heavy atom. The largest absolute Gasteiger partial charge is 0.456 e. The molecule has 284 valence electrons. The molecule has 0 fully saturated rings. The molecule has 0 saturated heterocycles. The normalized spacial score (nSPS) is 13.4. The van der Waals surface area contributed by atoms with E-state index in [1.807, 2.05) is 12.1 Å². The highest BCUT2D eigenvalue weighted by Gasteiger charge is 2.43. The minimum atomic E-state index is -3.01. The standard InChI is InChI=1S/C55H42O3Si/c1-35-29-31-39(33-45(35)41-22-15-24-44-51-43-21-11-13-27-49(43)57-54(51)58-52(41)44)59(37-17-7-5-8-18-37,38-19-9-6-10-20-38)40-32-30-36(2)46(34-40)42-23-16-26-48-53(42)56-50-28-14-12-25-47(50)55(48,3)4/h5-34H,1-4H3. The highest BCUT2D eigenvalue weighted by molar-refractivity contribution is 7.20. The molecular weight excluding hydrogens is 737 g/mol. The molecule has 10 aromatic rings. The van der Waals surface area contributed by atoms with E-state index in [1.54, 1.807) is 0 Å². The number of hydrogen-bond donors (Lipinski definition) is 0. The van der Waals surface area contributed by atoms with Crippen LogP contribution in [0.3, 0.4) is 0 Å². The molecule has 0 bridgehead atoms. The van der Waals surface area contributed by atoms with E-state index >= 15 is 0 Å². The molecule has 3 heterocycles. The lowest BCUT2D eigenvalue weighted by Crippen LogP contribution is -2.74. The number of para-hydroxylation sites is 4. The van der Waals surface area contributed by atoms with Gasteiger partial charge in [-0.3, -0.25) is 0 Å². The fourth-order valence-corrected chi connectivity index (χ4v) is 14.6. The van der Waals surface area contributed by atoms with Gasteiger partial charge in [0.1, 0.15) is 22.7 Å². The van der Waals surface area contributed by atoms with Gasteiger partial charge >= 0.3 is 0 Å². The number of fused-ring (bicyclic) bond motifs is 7. The first kappa shape index (κ1) is 35.3. The topological polar surface area (TPSA) is 35.5 Å². The number of aryl methyl sites for hydroxylation is 2. The van der Waals surface area contributed by atoms with E-state index in [4.69, 9.17) is 13.6 Å². The molecule has 0 saturated carbocycles. The van der Waals surface area contributed by atoms with Crippen LogP contribution in [0.4, 0.5) is 0 Å². The van der Waals surface area contributed by atoms with Crippen LogP contribution in [0.25, 0.3) is 55.4 Å². The van der Waals surface area contributed by atoms with E-state index in [9.17, 15) is 0 Å². The van der Waals surface area contributed by atoms with Gasteiger partial charge in [-0.1, -0.05) is 184 Å². The minimum Gasteiger partial charge on any atom is -0.456 e. The molecule has 0 aliphatic carbocycles. The lowest BCUT2D eigenvalue weighted by molar-refractivity contribution is 0.419. The van der Waals surface area contributed by atoms with Crippen molar-refractivity contribution < 1.29 is 13.6 Å². The summed E-state index contributed by atoms with van der Waals surface area (Å²) in [5.41, 5.74) is 10.7. The quantitative estimate of drug-likeness (QED) is 0.125. The smallest absolute Gasteiger partial charge is 0.299 e. The molecule has 0 spiro atoms. The van der Waals surface area contributed by atoms with Crippen LogP contribution in [0.1, 0.15) is 36.1 Å². The average Bonchev–Trinajstić information content (AvgIpc) is 3.82. The Balaban J connectivity index is 1.17. The molecule has 3 nitrogen and oxygen atoms in total. The Morgan fingerprint density at radius 2 is 1.00 bits per heavy atom. The van der Waals surface area contributed by atoms with Crippen molar-refractivity contribution in [2.45, 2.75) is 33.1 Å². The van der Waals surface area contributed by atoms with E-state index in [-0.39, 0.29) is 5.41 Å². The monoisotopic (exact) mass is 778 g/mol. The van der Waals surface area contributed by atoms with Gasteiger partial charge < -0.3 is 13.6 Å². The summed E-state index contributed by atoms with van der Waals surface area (Å²) in [4.78, 5) is 0. The molecule has 8 aromatic carbocycles. The van der Waals surface area contributed by atoms with Crippen LogP contribution in [0.5, 0.6) is 11.5 Å². The summed E-state index contributed by atoms with van der Waals surface area (Å²) in [6.07, 6.45) is 0. The zero-order valence-electron chi connectivity index (χ0n) is 33.5. The van der Waals surface area contributed by atoms with Crippen molar-refractivity contribution in [2.24, 2.45) is 0 Å². The van der Waals surface area contributed by atoms with Crippen molar-refractivity contribution in [3.05, 3.63) is 204 Å². The van der Waals surface area contributed by atoms with Crippen LogP contribution < -0.4 is 25.5 Å². The summed E-state index contributed by atoms with van der Waals surface area (Å²) in [5, 5.41) is 8.38. The second-order valence-electron chi connectivity index (χ2n) is 16.5. The van der Waals surface area contributed by atoms with Gasteiger partial charge in [0, 0.05) is 38.4 Å². The van der Waals surface area contributed by atoms with Gasteiger partial charge in [0.25, 0.3) is 5.78 Å². The van der Waals surface area contributed by atoms with Gasteiger partial charge in [-0.05, 0) is 69.0 Å². The maximum atomic E-state index is 6.88. The molecule has 0 N–H and O–H groups in total. The maximum absolute atomic E-state index is 6.88. The molecular formula is C55H42O3Si. The number of rotatable bonds is 6. The van der Waals surface area contributed by atoms with Gasteiger partial charge in [0.2, 0.25) is 0 Å². The van der Waals surface area contributed by atoms with E-state index in [0.717, 1.165) is 55.5 Å². The van der Waals surface area contributed by atoms with Gasteiger partial charge in [-0.25, -0.2) is 0 Å². The lowest BCUT2D eigenvalue weighted by atomic mass is 9.74. The summed E-state index contributed by atoms with van der Waals surface area (Å²) < 4.78 is 19.8. The second kappa shape index (κ2) is 13.3. The first-order valence-electron chi connectivity index (χ1n) is 20.4. The Hall–Kier alpha value is -6.88. The number of ether oxygens (including phenoxy) is 1. The van der Waals surface area contributed by atoms with Gasteiger partial charge in [-0.2, -0.15) is 0 Å². The first-order chi connectivity index (χ1) is 28.8. The van der Waals surface area contributed by atoms with Crippen LogP contribution >= 0.6 is 0 Å². The molecule has 11 rings (SSSR count). The summed E-state index contributed by atoms with van der Waals surface area (Å²) in [6.45, 7) is 9.04. The highest BCUT2D eigenvalue weighted by atomic mass is 28.3. The van der Waals surface area contributed by atoms with E-state index < -0.39 is 8.07 Å². The minimum absolute atomic E-state index is 0.219. The SMILES string of the molecule is Cc1ccc([Si](c2ccccc2)(c2ccccc2)c2ccc(C)c(-c3cccc4c3oc3oc5ccccc5c34)c2)cc1-c1cccc2c1Oc1ccccc1C2(C)C. The molecule has 0 radical (unpaired) electrons. The summed E-state index contributed by atoms with van der Waals surface area (Å²) in [6, 6.07) is 66.4. The Bertz CT molecular complexity index is 3200. The molecule has 0 atom stereocenters. The van der Waals surface area contributed by atoms with Crippen molar-refractivity contribution in [3.8, 4) is 33.8 Å². The molecule has 0 amide bonds. The Morgan fingerprint density at radius 1 is 0.441 bits per heavy atom. The Labute approximate surface area is 345 Å². The lowest BCUT2D eigenvalue weighted by Gasteiger charge is -2.36. The zero-order valence-corrected chi connectivity index (χ0v) is 34.5. The zero-order chi connectivity index (χ0) is 39.9. The van der Waals surface area contributed by atoms with Gasteiger partial charge in [-0.15, -0.1) is 0 Å². The van der Waals surface area contributed by atoms with Gasteiger partial charge in [0.15, 0.2) is 8.07 Å². The van der Waals surface area contributed by atoms with Gasteiger partial charge in [0.05, 0.1) is 5.39 Å². The summed E-state index contributed by atoms with van der Waals surface area (Å²) in [5.74, 6) is 2.42. The maximum Gasteiger partial charge on any atom is 0.299 e. The summed E-state index contributed by atoms with van der Waals surface area (Å²) >= 11 is 0. The van der Waals surface area contributed by atoms with Crippen LogP contribution in [-0.4, -0.2) is 8.07 Å². The molecule has 4 heteroatoms. The predicted molar refractivity (Wildman–Crippen MR) is 246 cm³/mol. The van der Waals surface area contributed by atoms with Crippen molar-refractivity contribution in [1.82, 2.24) is 0 Å². The molecule has 59 heavy (non-hydrogen) atoms. The van der Waals surface area contributed by atoms with E-state index in [2.05, 4.69) is 198 Å². The number of hydrogen-bond acceptors (Lipinski definition) is 3. The third kappa shape index (κ3) is 5.26. The first-order valence-corrected chi connectivity index (χ1v) is 22.4. The van der Waals surface area contributed by atoms with Crippen LogP contribution in [0, 0.1) is 13.8 Å². The van der Waals surface area contributed by atoms with Crippen molar-refractivity contribution in [2.75, 3.05) is 0 Å². The summed E-state index contributed by atoms with van der Waals surface area (Å²) in [7, 11) is -3.01. The Kier molecular flexibility index (Phi) is 7.98. The van der Waals surface area contributed by atoms with Crippen LogP contribution in [0.15, 0.2) is 191 Å². The van der Waals surface area contributed by atoms with E-state index in [1.165, 1.54) is 48.6 Å². The second-order valence-corrected chi connectivity index (χ2v) is 20.3. The molecule has 0 unspecified atom stereocenters. The van der Waals surface area contributed by atoms with Crippen molar-refractivity contribution in [1.29, 1.82) is 0 Å². The van der Waals surface area contributed by atoms with E-state index in [0.29, 0.717) is 5.78 Å². The molecule has 1 aliphatic heterocycles. The molecule has 1 aliphatic rings. The van der Waals surface area contributed by atoms with Crippen LogP contribution in [0.2, 0.25) is 0 Å². The third-order valence-electron chi connectivity index (χ3n) is 12.8. The highest BCUT2D eigenvalue weighted by Crippen LogP contribution is 2.51. The van der Waals surface area contributed by atoms with Crippen LogP contribution in [-0.2, 0) is 5.41 Å². The number of furan rings is 2. The van der Waals surface area contributed by atoms with Crippen molar-refractivity contribution >= 4 is 61.9 Å². The fourth-order valence-electron chi connectivity index (χ4n) is 9.84. The van der Waals surface area contributed by atoms with Crippen molar-refractivity contribution in [3.63, 3.8) is 0 Å². The molecule has 2 aromatic heterocycles. The third-order valence-corrected chi connectivity index (χ3v) is 17.6. The average molecular weight is 779 g/mol. The fraction of sp³-hybridized carbons (Fsp3) is 0.0909. The predicted octanol–water partition coefficient (Wildman–Crippen LogP) is 12.1.